The van der Waals surface area contributed by atoms with Crippen LogP contribution < -0.4 is 5.73 Å². The smallest absolute Gasteiger partial charge is 0.123 e. The molecule has 0 radical (unpaired) electrons. The fourth-order valence-corrected chi connectivity index (χ4v) is 3.11. The normalized spacial score (nSPS) is 28.1. The predicted octanol–water partition coefficient (Wildman–Crippen LogP) is 3.33. The summed E-state index contributed by atoms with van der Waals surface area (Å²) in [6, 6.07) is 7.36. The molecular formula is C16H25FN2. The molecule has 1 fully saturated rings. The summed E-state index contributed by atoms with van der Waals surface area (Å²) in [5, 5.41) is 0. The van der Waals surface area contributed by atoms with E-state index >= 15 is 0 Å². The first-order chi connectivity index (χ1) is 9.00. The average molecular weight is 264 g/mol. The molecule has 1 saturated heterocycles. The second-order valence-corrected chi connectivity index (χ2v) is 5.92. The van der Waals surface area contributed by atoms with Gasteiger partial charge in [-0.1, -0.05) is 19.1 Å². The lowest BCUT2D eigenvalue weighted by molar-refractivity contribution is 0.0640. The largest absolute Gasteiger partial charge is 0.323 e. The van der Waals surface area contributed by atoms with Crippen molar-refractivity contribution in [3.05, 3.63) is 35.6 Å². The number of benzene rings is 1. The van der Waals surface area contributed by atoms with Gasteiger partial charge < -0.3 is 5.73 Å². The molecule has 4 atom stereocenters. The second kappa shape index (κ2) is 6.02. The molecule has 1 aliphatic rings. The van der Waals surface area contributed by atoms with Gasteiger partial charge in [0.15, 0.2) is 0 Å². The molecule has 1 aliphatic heterocycles. The molecule has 1 aromatic rings. The molecule has 3 heteroatoms. The van der Waals surface area contributed by atoms with Crippen LogP contribution in [0.3, 0.4) is 0 Å². The molecular weight excluding hydrogens is 239 g/mol. The molecule has 0 aromatic heterocycles. The molecule has 4 unspecified atom stereocenters. The number of likely N-dealkylation sites (tertiary alicyclic amines) is 1. The van der Waals surface area contributed by atoms with Crippen molar-refractivity contribution in [2.75, 3.05) is 6.54 Å². The molecule has 2 rings (SSSR count). The summed E-state index contributed by atoms with van der Waals surface area (Å²) in [4.78, 5) is 2.50. The van der Waals surface area contributed by atoms with Crippen molar-refractivity contribution in [2.24, 2.45) is 11.7 Å². The zero-order valence-electron chi connectivity index (χ0n) is 12.1. The minimum absolute atomic E-state index is 0.0617. The third kappa shape index (κ3) is 3.15. The van der Waals surface area contributed by atoms with Crippen LogP contribution in [0.2, 0.25) is 0 Å². The van der Waals surface area contributed by atoms with Crippen LogP contribution in [0.25, 0.3) is 0 Å². The summed E-state index contributed by atoms with van der Waals surface area (Å²) in [6.07, 6.45) is 2.54. The van der Waals surface area contributed by atoms with Gasteiger partial charge in [0.25, 0.3) is 0 Å². The first kappa shape index (κ1) is 14.5. The van der Waals surface area contributed by atoms with E-state index in [4.69, 9.17) is 5.73 Å². The number of hydrogen-bond acceptors (Lipinski definition) is 2. The van der Waals surface area contributed by atoms with Crippen molar-refractivity contribution in [3.8, 4) is 0 Å². The maximum absolute atomic E-state index is 13.0. The van der Waals surface area contributed by atoms with Crippen molar-refractivity contribution in [3.63, 3.8) is 0 Å². The van der Waals surface area contributed by atoms with Gasteiger partial charge in [-0.25, -0.2) is 4.39 Å². The highest BCUT2D eigenvalue weighted by atomic mass is 19.1. The van der Waals surface area contributed by atoms with Gasteiger partial charge in [0.1, 0.15) is 5.82 Å². The topological polar surface area (TPSA) is 29.3 Å². The van der Waals surface area contributed by atoms with Gasteiger partial charge in [-0.05, 0) is 56.8 Å². The molecule has 0 saturated carbocycles. The van der Waals surface area contributed by atoms with Gasteiger partial charge in [-0.3, -0.25) is 4.90 Å². The first-order valence-electron chi connectivity index (χ1n) is 7.27. The van der Waals surface area contributed by atoms with E-state index in [2.05, 4.69) is 25.7 Å². The Hall–Kier alpha value is -0.930. The molecule has 0 amide bonds. The molecule has 2 nitrogen and oxygen atoms in total. The Morgan fingerprint density at radius 3 is 2.53 bits per heavy atom. The Bertz CT molecular complexity index is 404. The van der Waals surface area contributed by atoms with Crippen LogP contribution in [0, 0.1) is 11.7 Å². The summed E-state index contributed by atoms with van der Waals surface area (Å²) >= 11 is 0. The summed E-state index contributed by atoms with van der Waals surface area (Å²) in [5.74, 6) is 0.514. The molecule has 2 N–H and O–H groups in total. The maximum Gasteiger partial charge on any atom is 0.123 e. The summed E-state index contributed by atoms with van der Waals surface area (Å²) in [7, 11) is 0. The zero-order valence-corrected chi connectivity index (χ0v) is 12.1. The van der Waals surface area contributed by atoms with Crippen LogP contribution >= 0.6 is 0 Å². The second-order valence-electron chi connectivity index (χ2n) is 5.92. The number of rotatable bonds is 3. The van der Waals surface area contributed by atoms with Crippen LogP contribution in [-0.2, 0) is 0 Å². The van der Waals surface area contributed by atoms with Crippen LogP contribution in [0.1, 0.15) is 45.2 Å². The van der Waals surface area contributed by atoms with Gasteiger partial charge in [-0.2, -0.15) is 0 Å². The maximum atomic E-state index is 13.0. The summed E-state index contributed by atoms with van der Waals surface area (Å²) in [5.41, 5.74) is 7.38. The molecule has 0 aliphatic carbocycles. The highest BCUT2D eigenvalue weighted by molar-refractivity contribution is 5.21. The predicted molar refractivity (Wildman–Crippen MR) is 77.4 cm³/mol. The van der Waals surface area contributed by atoms with Crippen LogP contribution in [-0.4, -0.2) is 23.5 Å². The molecule has 1 heterocycles. The number of piperidine rings is 1. The van der Waals surface area contributed by atoms with Crippen LogP contribution in [0.5, 0.6) is 0 Å². The molecule has 19 heavy (non-hydrogen) atoms. The van der Waals surface area contributed by atoms with Crippen molar-refractivity contribution in [1.82, 2.24) is 4.90 Å². The standard InChI is InChI=1S/C16H25FN2/c1-11-5-4-10-19(12(11)2)13(3)16(18)14-6-8-15(17)9-7-14/h6-9,11-13,16H,4-5,10,18H2,1-3H3. The van der Waals surface area contributed by atoms with E-state index in [0.717, 1.165) is 18.0 Å². The Labute approximate surface area is 115 Å². The Balaban J connectivity index is 2.09. The number of halogens is 1. The van der Waals surface area contributed by atoms with E-state index in [1.807, 2.05) is 0 Å². The Morgan fingerprint density at radius 2 is 1.89 bits per heavy atom. The van der Waals surface area contributed by atoms with Crippen LogP contribution in [0.15, 0.2) is 24.3 Å². The summed E-state index contributed by atoms with van der Waals surface area (Å²) < 4.78 is 13.0. The highest BCUT2D eigenvalue weighted by Gasteiger charge is 2.31. The molecule has 0 spiro atoms. The van der Waals surface area contributed by atoms with E-state index in [1.165, 1.54) is 25.0 Å². The average Bonchev–Trinajstić information content (AvgIpc) is 2.41. The Morgan fingerprint density at radius 1 is 1.26 bits per heavy atom. The van der Waals surface area contributed by atoms with Gasteiger partial charge in [0.2, 0.25) is 0 Å². The van der Waals surface area contributed by atoms with Crippen molar-refractivity contribution < 1.29 is 4.39 Å². The highest BCUT2D eigenvalue weighted by Crippen LogP contribution is 2.28. The van der Waals surface area contributed by atoms with Crippen LogP contribution in [0.4, 0.5) is 4.39 Å². The van der Waals surface area contributed by atoms with E-state index in [9.17, 15) is 4.39 Å². The molecule has 0 bridgehead atoms. The van der Waals surface area contributed by atoms with Gasteiger partial charge in [0.05, 0.1) is 0 Å². The summed E-state index contributed by atoms with van der Waals surface area (Å²) in [6.45, 7) is 7.90. The lowest BCUT2D eigenvalue weighted by atomic mass is 9.89. The van der Waals surface area contributed by atoms with Gasteiger partial charge in [0, 0.05) is 18.1 Å². The van der Waals surface area contributed by atoms with Crippen molar-refractivity contribution >= 4 is 0 Å². The van der Waals surface area contributed by atoms with Gasteiger partial charge >= 0.3 is 0 Å². The lowest BCUT2D eigenvalue weighted by Gasteiger charge is -2.43. The van der Waals surface area contributed by atoms with E-state index in [0.29, 0.717) is 6.04 Å². The first-order valence-corrected chi connectivity index (χ1v) is 7.27. The minimum Gasteiger partial charge on any atom is -0.323 e. The SMILES string of the molecule is CC1CCCN(C(C)C(N)c2ccc(F)cc2)C1C. The quantitative estimate of drug-likeness (QED) is 0.907. The molecule has 1 aromatic carbocycles. The van der Waals surface area contributed by atoms with E-state index < -0.39 is 0 Å². The number of hydrogen-bond donors (Lipinski definition) is 1. The van der Waals surface area contributed by atoms with E-state index in [-0.39, 0.29) is 17.9 Å². The van der Waals surface area contributed by atoms with E-state index in [1.54, 1.807) is 12.1 Å². The third-order valence-electron chi connectivity index (χ3n) is 4.72. The monoisotopic (exact) mass is 264 g/mol. The van der Waals surface area contributed by atoms with Crippen molar-refractivity contribution in [2.45, 2.75) is 51.7 Å². The number of nitrogens with two attached hydrogens (primary N) is 1. The fourth-order valence-electron chi connectivity index (χ4n) is 3.11. The Kier molecular flexibility index (Phi) is 4.58. The third-order valence-corrected chi connectivity index (χ3v) is 4.72. The molecule has 106 valence electrons. The number of nitrogens with zero attached hydrogens (tertiary/aromatic N) is 1. The van der Waals surface area contributed by atoms with Gasteiger partial charge in [-0.15, -0.1) is 0 Å². The minimum atomic E-state index is -0.205. The zero-order chi connectivity index (χ0) is 14.0. The fraction of sp³-hybridized carbons (Fsp3) is 0.625. The van der Waals surface area contributed by atoms with Crippen molar-refractivity contribution in [1.29, 1.82) is 0 Å². The lowest BCUT2D eigenvalue weighted by Crippen LogP contribution is -2.50.